The number of methoxy groups -OCH3 is 1. The quantitative estimate of drug-likeness (QED) is 0.796. The molecular weight excluding hydrogens is 341 g/mol. The van der Waals surface area contributed by atoms with E-state index >= 15 is 0 Å². The van der Waals surface area contributed by atoms with Crippen LogP contribution in [0.25, 0.3) is 0 Å². The molecule has 2 aromatic rings. The van der Waals surface area contributed by atoms with Gasteiger partial charge in [0.1, 0.15) is 16.1 Å². The van der Waals surface area contributed by atoms with E-state index in [1.807, 2.05) is 6.07 Å². The van der Waals surface area contributed by atoms with Crippen LogP contribution in [-0.4, -0.2) is 22.1 Å². The second-order valence-electron chi connectivity index (χ2n) is 3.42. The fourth-order valence-electron chi connectivity index (χ4n) is 1.33. The van der Waals surface area contributed by atoms with Crippen molar-refractivity contribution in [2.75, 3.05) is 7.11 Å². The molecule has 94 valence electrons. The molecule has 2 aromatic heterocycles. The van der Waals surface area contributed by atoms with E-state index in [-0.39, 0.29) is 0 Å². The number of pyridine rings is 1. The molecule has 0 aliphatic heterocycles. The third kappa shape index (κ3) is 3.10. The van der Waals surface area contributed by atoms with Crippen LogP contribution in [0.5, 0.6) is 5.88 Å². The summed E-state index contributed by atoms with van der Waals surface area (Å²) in [5, 5.41) is 0.595. The second kappa shape index (κ2) is 5.82. The van der Waals surface area contributed by atoms with Gasteiger partial charge < -0.3 is 4.74 Å². The molecule has 7 heteroatoms. The lowest BCUT2D eigenvalue weighted by molar-refractivity contribution is 0.397. The number of ether oxygens (including phenoxy) is 1. The first-order valence-corrected chi connectivity index (χ1v) is 6.51. The van der Waals surface area contributed by atoms with Gasteiger partial charge in [-0.15, -0.1) is 0 Å². The summed E-state index contributed by atoms with van der Waals surface area (Å²) in [6.45, 7) is 0. The Morgan fingerprint density at radius 1 is 1.22 bits per heavy atom. The van der Waals surface area contributed by atoms with Crippen LogP contribution in [-0.2, 0) is 6.42 Å². The van der Waals surface area contributed by atoms with E-state index < -0.39 is 0 Å². The Morgan fingerprint density at radius 2 is 1.89 bits per heavy atom. The lowest BCUT2D eigenvalue weighted by Crippen LogP contribution is -1.99. The summed E-state index contributed by atoms with van der Waals surface area (Å²) >= 11 is 15.0. The highest BCUT2D eigenvalue weighted by atomic mass is 79.9. The Balaban J connectivity index is 2.23. The van der Waals surface area contributed by atoms with Crippen LogP contribution >= 0.6 is 39.1 Å². The molecule has 0 saturated heterocycles. The molecule has 0 fully saturated rings. The van der Waals surface area contributed by atoms with Gasteiger partial charge in [0.05, 0.1) is 11.6 Å². The van der Waals surface area contributed by atoms with E-state index in [0.29, 0.717) is 32.9 Å². The average Bonchev–Trinajstić information content (AvgIpc) is 2.37. The zero-order valence-electron chi connectivity index (χ0n) is 9.32. The summed E-state index contributed by atoms with van der Waals surface area (Å²) in [5.74, 6) is 1.10. The Bertz CT molecular complexity index is 540. The van der Waals surface area contributed by atoms with Gasteiger partial charge in [-0.1, -0.05) is 29.3 Å². The topological polar surface area (TPSA) is 47.9 Å². The minimum absolute atomic E-state index is 0.298. The van der Waals surface area contributed by atoms with Gasteiger partial charge in [0.25, 0.3) is 0 Å². The number of nitrogens with zero attached hydrogens (tertiary/aromatic N) is 3. The van der Waals surface area contributed by atoms with Crippen molar-refractivity contribution in [2.24, 2.45) is 0 Å². The van der Waals surface area contributed by atoms with Crippen LogP contribution in [0.1, 0.15) is 11.4 Å². The van der Waals surface area contributed by atoms with Gasteiger partial charge in [-0.05, 0) is 21.5 Å². The van der Waals surface area contributed by atoms with Crippen molar-refractivity contribution in [2.45, 2.75) is 6.42 Å². The van der Waals surface area contributed by atoms with E-state index in [9.17, 15) is 0 Å². The first kappa shape index (κ1) is 13.5. The van der Waals surface area contributed by atoms with E-state index in [4.69, 9.17) is 27.9 Å². The molecule has 4 nitrogen and oxygen atoms in total. The van der Waals surface area contributed by atoms with Crippen LogP contribution in [0.2, 0.25) is 10.3 Å². The van der Waals surface area contributed by atoms with Crippen LogP contribution in [0.3, 0.4) is 0 Å². The maximum Gasteiger partial charge on any atom is 0.212 e. The van der Waals surface area contributed by atoms with E-state index in [2.05, 4.69) is 30.9 Å². The van der Waals surface area contributed by atoms with Gasteiger partial charge in [-0.3, -0.25) is 0 Å². The SMILES string of the molecule is COc1ccc(Cc2nc(Cl)c(Br)c(Cl)n2)cn1. The average molecular weight is 349 g/mol. The third-order valence-electron chi connectivity index (χ3n) is 2.19. The predicted molar refractivity (Wildman–Crippen MR) is 73.3 cm³/mol. The molecule has 0 aliphatic rings. The fourth-order valence-corrected chi connectivity index (χ4v) is 1.93. The second-order valence-corrected chi connectivity index (χ2v) is 4.93. The third-order valence-corrected chi connectivity index (χ3v) is 3.94. The van der Waals surface area contributed by atoms with Crippen molar-refractivity contribution >= 4 is 39.1 Å². The molecule has 2 rings (SSSR count). The summed E-state index contributed by atoms with van der Waals surface area (Å²) < 4.78 is 5.48. The molecule has 0 amide bonds. The molecule has 0 saturated carbocycles. The number of rotatable bonds is 3. The lowest BCUT2D eigenvalue weighted by atomic mass is 10.2. The maximum absolute atomic E-state index is 5.91. The normalized spacial score (nSPS) is 10.4. The summed E-state index contributed by atoms with van der Waals surface area (Å²) in [5.41, 5.74) is 0.949. The molecule has 0 bridgehead atoms. The zero-order valence-corrected chi connectivity index (χ0v) is 12.4. The first-order valence-electron chi connectivity index (χ1n) is 4.96. The first-order chi connectivity index (χ1) is 8.60. The molecule has 0 spiro atoms. The molecule has 0 aromatic carbocycles. The van der Waals surface area contributed by atoms with Crippen LogP contribution < -0.4 is 4.74 Å². The van der Waals surface area contributed by atoms with Crippen molar-refractivity contribution in [3.05, 3.63) is 44.5 Å². The Labute approximate surface area is 122 Å². The number of hydrogen-bond acceptors (Lipinski definition) is 4. The molecule has 0 radical (unpaired) electrons. The molecule has 0 aliphatic carbocycles. The van der Waals surface area contributed by atoms with Gasteiger partial charge >= 0.3 is 0 Å². The summed E-state index contributed by atoms with van der Waals surface area (Å²) in [7, 11) is 1.57. The largest absolute Gasteiger partial charge is 0.481 e. The van der Waals surface area contributed by atoms with E-state index in [1.54, 1.807) is 19.4 Å². The van der Waals surface area contributed by atoms with Gasteiger partial charge in [-0.25, -0.2) is 15.0 Å². The fraction of sp³-hybridized carbons (Fsp3) is 0.182. The van der Waals surface area contributed by atoms with Gasteiger partial charge in [0.15, 0.2) is 0 Å². The van der Waals surface area contributed by atoms with Crippen molar-refractivity contribution in [3.63, 3.8) is 0 Å². The molecule has 0 unspecified atom stereocenters. The smallest absolute Gasteiger partial charge is 0.212 e. The standard InChI is InChI=1S/C11H8BrCl2N3O/c1-18-8-3-2-6(5-15-8)4-7-16-10(13)9(12)11(14)17-7/h2-3,5H,4H2,1H3. The van der Waals surface area contributed by atoms with Crippen LogP contribution in [0.15, 0.2) is 22.8 Å². The highest BCUT2D eigenvalue weighted by Crippen LogP contribution is 2.27. The monoisotopic (exact) mass is 347 g/mol. The van der Waals surface area contributed by atoms with Gasteiger partial charge in [0, 0.05) is 18.7 Å². The minimum atomic E-state index is 0.298. The summed E-state index contributed by atoms with van der Waals surface area (Å²) in [4.78, 5) is 12.4. The maximum atomic E-state index is 5.91. The Morgan fingerprint density at radius 3 is 2.39 bits per heavy atom. The van der Waals surface area contributed by atoms with Crippen molar-refractivity contribution in [3.8, 4) is 5.88 Å². The Kier molecular flexibility index (Phi) is 4.37. The highest BCUT2D eigenvalue weighted by Gasteiger charge is 2.09. The molecule has 2 heterocycles. The number of aromatic nitrogens is 3. The highest BCUT2D eigenvalue weighted by molar-refractivity contribution is 9.10. The van der Waals surface area contributed by atoms with Crippen molar-refractivity contribution < 1.29 is 4.74 Å². The van der Waals surface area contributed by atoms with Gasteiger partial charge in [0.2, 0.25) is 5.88 Å². The van der Waals surface area contributed by atoms with Crippen LogP contribution in [0.4, 0.5) is 0 Å². The lowest BCUT2D eigenvalue weighted by Gasteiger charge is -2.04. The minimum Gasteiger partial charge on any atom is -0.481 e. The molecule has 0 atom stereocenters. The predicted octanol–water partition coefficient (Wildman–Crippen LogP) is 3.54. The van der Waals surface area contributed by atoms with Gasteiger partial charge in [-0.2, -0.15) is 0 Å². The molecular formula is C11H8BrCl2N3O. The van der Waals surface area contributed by atoms with E-state index in [1.165, 1.54) is 0 Å². The number of halogens is 3. The number of hydrogen-bond donors (Lipinski definition) is 0. The zero-order chi connectivity index (χ0) is 13.1. The summed E-state index contributed by atoms with van der Waals surface area (Å²) in [6.07, 6.45) is 2.20. The Hall–Kier alpha value is -0.910. The molecule has 18 heavy (non-hydrogen) atoms. The summed E-state index contributed by atoms with van der Waals surface area (Å²) in [6, 6.07) is 3.66. The van der Waals surface area contributed by atoms with Crippen molar-refractivity contribution in [1.29, 1.82) is 0 Å². The van der Waals surface area contributed by atoms with Crippen LogP contribution in [0, 0.1) is 0 Å². The van der Waals surface area contributed by atoms with E-state index in [0.717, 1.165) is 5.56 Å². The molecule has 0 N–H and O–H groups in total. The van der Waals surface area contributed by atoms with Crippen molar-refractivity contribution in [1.82, 2.24) is 15.0 Å².